The van der Waals surface area contributed by atoms with Crippen molar-refractivity contribution in [1.29, 1.82) is 0 Å². The van der Waals surface area contributed by atoms with Crippen molar-refractivity contribution in [1.82, 2.24) is 4.72 Å². The van der Waals surface area contributed by atoms with E-state index in [0.29, 0.717) is 11.3 Å². The molecule has 0 aliphatic rings. The first kappa shape index (κ1) is 14.4. The lowest BCUT2D eigenvalue weighted by Crippen LogP contribution is -2.26. The molecular weight excluding hydrogens is 258 g/mol. The van der Waals surface area contributed by atoms with Gasteiger partial charge in [0.05, 0.1) is 10.7 Å². The van der Waals surface area contributed by atoms with Crippen LogP contribution in [0, 0.1) is 17.0 Å². The molecule has 0 unspecified atom stereocenters. The number of hydrogen-bond donors (Lipinski definition) is 2. The molecule has 8 heteroatoms. The lowest BCUT2D eigenvalue weighted by molar-refractivity contribution is -0.384. The Labute approximate surface area is 105 Å². The third kappa shape index (κ3) is 3.67. The van der Waals surface area contributed by atoms with E-state index in [1.54, 1.807) is 19.1 Å². The van der Waals surface area contributed by atoms with Crippen molar-refractivity contribution in [2.45, 2.75) is 6.92 Å². The van der Waals surface area contributed by atoms with E-state index >= 15 is 0 Å². The van der Waals surface area contributed by atoms with Crippen LogP contribution in [0.1, 0.15) is 5.56 Å². The zero-order valence-corrected chi connectivity index (χ0v) is 11.0. The van der Waals surface area contributed by atoms with Crippen molar-refractivity contribution in [2.75, 3.05) is 24.7 Å². The van der Waals surface area contributed by atoms with Gasteiger partial charge in [-0.3, -0.25) is 10.1 Å². The number of nitrogens with one attached hydrogen (secondary N) is 2. The van der Waals surface area contributed by atoms with Crippen molar-refractivity contribution in [2.24, 2.45) is 0 Å². The van der Waals surface area contributed by atoms with E-state index in [2.05, 4.69) is 10.0 Å². The first-order valence-electron chi connectivity index (χ1n) is 5.26. The summed E-state index contributed by atoms with van der Waals surface area (Å²) in [6, 6.07) is 4.69. The molecular formula is C10H15N3O4S. The zero-order chi connectivity index (χ0) is 13.8. The predicted octanol–water partition coefficient (Wildman–Crippen LogP) is 0.864. The second kappa shape index (κ2) is 5.78. The summed E-state index contributed by atoms with van der Waals surface area (Å²) in [6.45, 7) is 1.83. The molecule has 0 saturated heterocycles. The van der Waals surface area contributed by atoms with Crippen LogP contribution in [0.4, 0.5) is 11.4 Å². The Morgan fingerprint density at radius 2 is 2.06 bits per heavy atom. The molecule has 0 spiro atoms. The van der Waals surface area contributed by atoms with Gasteiger partial charge in [-0.1, -0.05) is 12.1 Å². The Balaban J connectivity index is 2.82. The Hall–Kier alpha value is -1.67. The lowest BCUT2D eigenvalue weighted by Gasteiger charge is -2.09. The van der Waals surface area contributed by atoms with Gasteiger partial charge in [-0.2, -0.15) is 0 Å². The number of sulfonamides is 1. The summed E-state index contributed by atoms with van der Waals surface area (Å²) in [4.78, 5) is 10.3. The van der Waals surface area contributed by atoms with Crippen molar-refractivity contribution >= 4 is 21.4 Å². The highest BCUT2D eigenvalue weighted by Crippen LogP contribution is 2.27. The average Bonchev–Trinajstić information content (AvgIpc) is 2.30. The summed E-state index contributed by atoms with van der Waals surface area (Å²) < 4.78 is 24.6. The number of para-hydroxylation sites is 1. The number of nitro groups is 1. The largest absolute Gasteiger partial charge is 0.378 e. The number of nitro benzene ring substituents is 1. The van der Waals surface area contributed by atoms with E-state index in [0.717, 1.165) is 0 Å². The Kier molecular flexibility index (Phi) is 4.62. The average molecular weight is 273 g/mol. The molecule has 1 aromatic rings. The van der Waals surface area contributed by atoms with Gasteiger partial charge in [0.15, 0.2) is 0 Å². The zero-order valence-electron chi connectivity index (χ0n) is 10.1. The summed E-state index contributed by atoms with van der Waals surface area (Å²) in [5.74, 6) is -0.144. The number of benzene rings is 1. The third-order valence-electron chi connectivity index (χ3n) is 2.43. The molecule has 100 valence electrons. The number of rotatable bonds is 6. The highest BCUT2D eigenvalue weighted by molar-refractivity contribution is 7.89. The standard InChI is InChI=1S/C10H15N3O4S/c1-8-4-3-5-9(13(14)15)10(8)12-6-7-18(16,17)11-2/h3-5,11-12H,6-7H2,1-2H3. The normalized spacial score (nSPS) is 11.2. The number of hydrogen-bond acceptors (Lipinski definition) is 5. The van der Waals surface area contributed by atoms with Gasteiger partial charge < -0.3 is 5.32 Å². The lowest BCUT2D eigenvalue weighted by atomic mass is 10.1. The van der Waals surface area contributed by atoms with E-state index < -0.39 is 14.9 Å². The molecule has 0 atom stereocenters. The third-order valence-corrected chi connectivity index (χ3v) is 3.79. The van der Waals surface area contributed by atoms with Gasteiger partial charge in [-0.15, -0.1) is 0 Å². The molecule has 0 aliphatic carbocycles. The van der Waals surface area contributed by atoms with Crippen LogP contribution in [0.3, 0.4) is 0 Å². The molecule has 0 heterocycles. The highest BCUT2D eigenvalue weighted by Gasteiger charge is 2.15. The van der Waals surface area contributed by atoms with Gasteiger partial charge in [0, 0.05) is 12.6 Å². The van der Waals surface area contributed by atoms with Crippen LogP contribution in [-0.4, -0.2) is 32.7 Å². The van der Waals surface area contributed by atoms with Gasteiger partial charge in [0.2, 0.25) is 10.0 Å². The van der Waals surface area contributed by atoms with Crippen LogP contribution in [-0.2, 0) is 10.0 Å². The fraction of sp³-hybridized carbons (Fsp3) is 0.400. The van der Waals surface area contributed by atoms with Crippen molar-refractivity contribution in [3.63, 3.8) is 0 Å². The Morgan fingerprint density at radius 3 is 2.61 bits per heavy atom. The fourth-order valence-corrected chi connectivity index (χ4v) is 2.02. The van der Waals surface area contributed by atoms with Crippen molar-refractivity contribution in [3.8, 4) is 0 Å². The molecule has 0 radical (unpaired) electrons. The Bertz CT molecular complexity index is 542. The summed E-state index contributed by atoms with van der Waals surface area (Å²) in [5.41, 5.74) is 0.997. The van der Waals surface area contributed by atoms with Crippen molar-refractivity contribution in [3.05, 3.63) is 33.9 Å². The molecule has 0 fully saturated rings. The van der Waals surface area contributed by atoms with Gasteiger partial charge in [0.1, 0.15) is 5.69 Å². The quantitative estimate of drug-likeness (QED) is 0.591. The molecule has 0 amide bonds. The first-order chi connectivity index (χ1) is 8.37. The van der Waals surface area contributed by atoms with Crippen LogP contribution in [0.15, 0.2) is 18.2 Å². The molecule has 0 bridgehead atoms. The summed E-state index contributed by atoms with van der Waals surface area (Å²) >= 11 is 0. The van der Waals surface area contributed by atoms with E-state index in [1.807, 2.05) is 0 Å². The maximum absolute atomic E-state index is 11.2. The minimum absolute atomic E-state index is 0.0585. The topological polar surface area (TPSA) is 101 Å². The minimum atomic E-state index is -3.32. The Morgan fingerprint density at radius 1 is 1.39 bits per heavy atom. The maximum Gasteiger partial charge on any atom is 0.292 e. The van der Waals surface area contributed by atoms with E-state index in [9.17, 15) is 18.5 Å². The minimum Gasteiger partial charge on any atom is -0.378 e. The maximum atomic E-state index is 11.2. The van der Waals surface area contributed by atoms with Gasteiger partial charge >= 0.3 is 0 Å². The van der Waals surface area contributed by atoms with Crippen LogP contribution < -0.4 is 10.0 Å². The number of anilines is 1. The first-order valence-corrected chi connectivity index (χ1v) is 6.91. The fourth-order valence-electron chi connectivity index (χ4n) is 1.45. The van der Waals surface area contributed by atoms with Gasteiger partial charge in [-0.05, 0) is 19.5 Å². The summed E-state index contributed by atoms with van der Waals surface area (Å²) in [6.07, 6.45) is 0. The molecule has 1 aromatic carbocycles. The highest BCUT2D eigenvalue weighted by atomic mass is 32.2. The van der Waals surface area contributed by atoms with Crippen molar-refractivity contribution < 1.29 is 13.3 Å². The van der Waals surface area contributed by atoms with Crippen LogP contribution in [0.5, 0.6) is 0 Å². The molecule has 0 saturated carbocycles. The molecule has 1 rings (SSSR count). The molecule has 2 N–H and O–H groups in total. The number of nitrogens with zero attached hydrogens (tertiary/aromatic N) is 1. The van der Waals surface area contributed by atoms with Crippen LogP contribution in [0.25, 0.3) is 0 Å². The van der Waals surface area contributed by atoms with Crippen LogP contribution >= 0.6 is 0 Å². The molecule has 0 aliphatic heterocycles. The monoisotopic (exact) mass is 273 g/mol. The second-order valence-electron chi connectivity index (χ2n) is 3.68. The summed E-state index contributed by atoms with van der Waals surface area (Å²) in [7, 11) is -1.99. The van der Waals surface area contributed by atoms with Gasteiger partial charge in [0.25, 0.3) is 5.69 Å². The second-order valence-corrected chi connectivity index (χ2v) is 5.72. The summed E-state index contributed by atoms with van der Waals surface area (Å²) in [5, 5.41) is 13.6. The molecule has 18 heavy (non-hydrogen) atoms. The molecule has 0 aromatic heterocycles. The predicted molar refractivity (Wildman–Crippen MR) is 69.2 cm³/mol. The van der Waals surface area contributed by atoms with Gasteiger partial charge in [-0.25, -0.2) is 13.1 Å². The molecule has 7 nitrogen and oxygen atoms in total. The SMILES string of the molecule is CNS(=O)(=O)CCNc1c(C)cccc1[N+](=O)[O-]. The van der Waals surface area contributed by atoms with E-state index in [-0.39, 0.29) is 18.0 Å². The smallest absolute Gasteiger partial charge is 0.292 e. The van der Waals surface area contributed by atoms with Crippen LogP contribution in [0.2, 0.25) is 0 Å². The number of aryl methyl sites for hydroxylation is 1. The van der Waals surface area contributed by atoms with E-state index in [4.69, 9.17) is 0 Å². The van der Waals surface area contributed by atoms with E-state index in [1.165, 1.54) is 13.1 Å².